The Balaban J connectivity index is 2.27. The molecule has 0 amide bonds. The zero-order valence-electron chi connectivity index (χ0n) is 12.5. The van der Waals surface area contributed by atoms with Crippen molar-refractivity contribution in [1.82, 2.24) is 10.0 Å². The van der Waals surface area contributed by atoms with Gasteiger partial charge in [-0.2, -0.15) is 0 Å². The first kappa shape index (κ1) is 15.9. The summed E-state index contributed by atoms with van der Waals surface area (Å²) in [6.07, 6.45) is 3.88. The van der Waals surface area contributed by atoms with Gasteiger partial charge in [-0.15, -0.1) is 11.3 Å². The molecule has 1 aliphatic rings. The third kappa shape index (κ3) is 3.08. The summed E-state index contributed by atoms with van der Waals surface area (Å²) in [4.78, 5) is 1.39. The van der Waals surface area contributed by atoms with Crippen LogP contribution in [0.15, 0.2) is 10.3 Å². The van der Waals surface area contributed by atoms with E-state index in [2.05, 4.69) is 17.0 Å². The van der Waals surface area contributed by atoms with E-state index >= 15 is 0 Å². The van der Waals surface area contributed by atoms with Crippen LogP contribution in [0.25, 0.3) is 0 Å². The van der Waals surface area contributed by atoms with Gasteiger partial charge in [0.1, 0.15) is 4.90 Å². The first-order chi connectivity index (χ1) is 9.44. The molecule has 1 aliphatic carbocycles. The summed E-state index contributed by atoms with van der Waals surface area (Å²) in [6.45, 7) is 7.40. The van der Waals surface area contributed by atoms with Crippen molar-refractivity contribution in [3.05, 3.63) is 15.8 Å². The standard InChI is InChI=1S/C14H24N2O2S2/c1-4-14(7-6-8-14)16-20(17,18)13-11(3)10-19-12(13)9-15-5-2/h10,15-16H,4-9H2,1-3H3. The van der Waals surface area contributed by atoms with Gasteiger partial charge in [-0.25, -0.2) is 13.1 Å². The quantitative estimate of drug-likeness (QED) is 0.813. The van der Waals surface area contributed by atoms with Crippen molar-refractivity contribution < 1.29 is 8.42 Å². The Labute approximate surface area is 126 Å². The Morgan fingerprint density at radius 2 is 2.05 bits per heavy atom. The van der Waals surface area contributed by atoms with Gasteiger partial charge >= 0.3 is 0 Å². The van der Waals surface area contributed by atoms with E-state index in [1.54, 1.807) is 0 Å². The molecule has 1 saturated carbocycles. The van der Waals surface area contributed by atoms with Gasteiger partial charge in [0.15, 0.2) is 0 Å². The number of hydrogen-bond donors (Lipinski definition) is 2. The second kappa shape index (κ2) is 6.13. The molecule has 1 fully saturated rings. The third-order valence-electron chi connectivity index (χ3n) is 4.13. The molecule has 0 bridgehead atoms. The fraction of sp³-hybridized carbons (Fsp3) is 0.714. The lowest BCUT2D eigenvalue weighted by atomic mass is 9.76. The lowest BCUT2D eigenvalue weighted by Gasteiger charge is -2.41. The van der Waals surface area contributed by atoms with E-state index in [1.165, 1.54) is 11.3 Å². The van der Waals surface area contributed by atoms with Gasteiger partial charge in [-0.1, -0.05) is 13.8 Å². The Bertz CT molecular complexity index is 554. The molecule has 0 unspecified atom stereocenters. The average Bonchev–Trinajstić information content (AvgIpc) is 2.73. The third-order valence-corrected chi connectivity index (χ3v) is 7.17. The molecule has 0 atom stereocenters. The number of hydrogen-bond acceptors (Lipinski definition) is 4. The van der Waals surface area contributed by atoms with E-state index in [0.717, 1.165) is 42.7 Å². The van der Waals surface area contributed by atoms with Crippen molar-refractivity contribution >= 4 is 21.4 Å². The second-order valence-corrected chi connectivity index (χ2v) is 8.13. The maximum absolute atomic E-state index is 12.7. The van der Waals surface area contributed by atoms with Crippen LogP contribution < -0.4 is 10.0 Å². The van der Waals surface area contributed by atoms with Gasteiger partial charge in [0.2, 0.25) is 10.0 Å². The predicted octanol–water partition coefficient (Wildman–Crippen LogP) is 2.78. The number of sulfonamides is 1. The lowest BCUT2D eigenvalue weighted by Crippen LogP contribution is -2.52. The van der Waals surface area contributed by atoms with Crippen molar-refractivity contribution in [2.75, 3.05) is 6.54 Å². The van der Waals surface area contributed by atoms with Crippen LogP contribution >= 0.6 is 11.3 Å². The van der Waals surface area contributed by atoms with E-state index < -0.39 is 10.0 Å². The predicted molar refractivity (Wildman–Crippen MR) is 83.6 cm³/mol. The molecule has 0 aliphatic heterocycles. The summed E-state index contributed by atoms with van der Waals surface area (Å²) in [7, 11) is -3.42. The lowest BCUT2D eigenvalue weighted by molar-refractivity contribution is 0.214. The first-order valence-corrected chi connectivity index (χ1v) is 9.62. The highest BCUT2D eigenvalue weighted by Gasteiger charge is 2.40. The molecular weight excluding hydrogens is 292 g/mol. The van der Waals surface area contributed by atoms with Crippen LogP contribution in [0.2, 0.25) is 0 Å². The van der Waals surface area contributed by atoms with Gasteiger partial charge in [0.25, 0.3) is 0 Å². The summed E-state index contributed by atoms with van der Waals surface area (Å²) >= 11 is 1.52. The van der Waals surface area contributed by atoms with Gasteiger partial charge < -0.3 is 5.32 Å². The fourth-order valence-electron chi connectivity index (χ4n) is 2.68. The topological polar surface area (TPSA) is 58.2 Å². The summed E-state index contributed by atoms with van der Waals surface area (Å²) in [5.74, 6) is 0. The van der Waals surface area contributed by atoms with Crippen molar-refractivity contribution in [2.45, 2.75) is 63.4 Å². The maximum Gasteiger partial charge on any atom is 0.242 e. The summed E-state index contributed by atoms with van der Waals surface area (Å²) in [5, 5.41) is 5.14. The molecule has 4 nitrogen and oxygen atoms in total. The van der Waals surface area contributed by atoms with E-state index in [1.807, 2.05) is 19.2 Å². The minimum Gasteiger partial charge on any atom is -0.312 e. The second-order valence-electron chi connectivity index (χ2n) is 5.54. The fourth-order valence-corrected chi connectivity index (χ4v) is 5.99. The van der Waals surface area contributed by atoms with Gasteiger partial charge in [0.05, 0.1) is 0 Å². The van der Waals surface area contributed by atoms with Crippen LogP contribution in [0.5, 0.6) is 0 Å². The highest BCUT2D eigenvalue weighted by molar-refractivity contribution is 7.89. The number of thiophene rings is 1. The van der Waals surface area contributed by atoms with Crippen molar-refractivity contribution in [2.24, 2.45) is 0 Å². The van der Waals surface area contributed by atoms with Crippen molar-refractivity contribution in [3.8, 4) is 0 Å². The molecule has 0 aromatic carbocycles. The largest absolute Gasteiger partial charge is 0.312 e. The number of rotatable bonds is 7. The minimum absolute atomic E-state index is 0.206. The average molecular weight is 316 g/mol. The van der Waals surface area contributed by atoms with E-state index in [9.17, 15) is 8.42 Å². The zero-order chi connectivity index (χ0) is 14.8. The van der Waals surface area contributed by atoms with Crippen molar-refractivity contribution in [1.29, 1.82) is 0 Å². The first-order valence-electron chi connectivity index (χ1n) is 7.26. The van der Waals surface area contributed by atoms with Crippen LogP contribution in [-0.2, 0) is 16.6 Å². The molecule has 2 N–H and O–H groups in total. The van der Waals surface area contributed by atoms with E-state index in [4.69, 9.17) is 0 Å². The molecule has 6 heteroatoms. The van der Waals surface area contributed by atoms with Crippen LogP contribution in [0.3, 0.4) is 0 Å². The molecule has 2 rings (SSSR count). The minimum atomic E-state index is -3.42. The van der Waals surface area contributed by atoms with Crippen LogP contribution in [0.1, 0.15) is 50.0 Å². The van der Waals surface area contributed by atoms with Crippen LogP contribution in [-0.4, -0.2) is 20.5 Å². The summed E-state index contributed by atoms with van der Waals surface area (Å²) in [6, 6.07) is 0. The highest BCUT2D eigenvalue weighted by Crippen LogP contribution is 2.37. The molecule has 0 saturated heterocycles. The normalized spacial score (nSPS) is 17.9. The van der Waals surface area contributed by atoms with Crippen molar-refractivity contribution in [3.63, 3.8) is 0 Å². The van der Waals surface area contributed by atoms with Gasteiger partial charge in [-0.05, 0) is 50.1 Å². The Hall–Kier alpha value is -0.430. The van der Waals surface area contributed by atoms with E-state index in [-0.39, 0.29) is 5.54 Å². The molecule has 1 heterocycles. The molecule has 1 aromatic heterocycles. The molecule has 0 radical (unpaired) electrons. The molecule has 0 spiro atoms. The SMILES string of the molecule is CCNCc1scc(C)c1S(=O)(=O)NC1(CC)CCC1. The van der Waals surface area contributed by atoms with E-state index in [0.29, 0.717) is 11.4 Å². The summed E-state index contributed by atoms with van der Waals surface area (Å²) < 4.78 is 28.4. The maximum atomic E-state index is 12.7. The monoisotopic (exact) mass is 316 g/mol. The molecule has 20 heavy (non-hydrogen) atoms. The van der Waals surface area contributed by atoms with Gasteiger partial charge in [0, 0.05) is 17.0 Å². The van der Waals surface area contributed by atoms with Crippen LogP contribution in [0.4, 0.5) is 0 Å². The Morgan fingerprint density at radius 3 is 2.55 bits per heavy atom. The van der Waals surface area contributed by atoms with Gasteiger partial charge in [-0.3, -0.25) is 0 Å². The van der Waals surface area contributed by atoms with Crippen LogP contribution in [0, 0.1) is 6.92 Å². The Kier molecular flexibility index (Phi) is 4.89. The molecule has 114 valence electrons. The zero-order valence-corrected chi connectivity index (χ0v) is 14.1. The molecular formula is C14H24N2O2S2. The smallest absolute Gasteiger partial charge is 0.242 e. The molecule has 1 aromatic rings. The number of aryl methyl sites for hydroxylation is 1. The highest BCUT2D eigenvalue weighted by atomic mass is 32.2. The Morgan fingerprint density at radius 1 is 1.35 bits per heavy atom. The number of nitrogens with one attached hydrogen (secondary N) is 2. The summed E-state index contributed by atoms with van der Waals surface area (Å²) in [5.41, 5.74) is 0.642.